The zero-order valence-electron chi connectivity index (χ0n) is 17.2. The maximum Gasteiger partial charge on any atom is 0.323 e. The number of imidazole rings is 1. The number of hydrogen-bond acceptors (Lipinski definition) is 7. The van der Waals surface area contributed by atoms with Gasteiger partial charge in [0.15, 0.2) is 5.82 Å². The summed E-state index contributed by atoms with van der Waals surface area (Å²) in [6.07, 6.45) is 0.604. The highest BCUT2D eigenvalue weighted by Crippen LogP contribution is 2.21. The highest BCUT2D eigenvalue weighted by atomic mass is 32.2. The van der Waals surface area contributed by atoms with Crippen LogP contribution >= 0.6 is 0 Å². The molecule has 0 aliphatic carbocycles. The summed E-state index contributed by atoms with van der Waals surface area (Å²) < 4.78 is 32.9. The predicted octanol–water partition coefficient (Wildman–Crippen LogP) is 1.34. The van der Waals surface area contributed by atoms with Crippen molar-refractivity contribution in [3.05, 3.63) is 76.3 Å². The molecule has 0 atom stereocenters. The molecule has 2 aromatic heterocycles. The molecule has 0 radical (unpaired) electrons. The number of piperazine rings is 1. The normalized spacial score (nSPS) is 16.0. The summed E-state index contributed by atoms with van der Waals surface area (Å²) in [6, 6.07) is 14.5. The number of nitrogens with one attached hydrogen (secondary N) is 2. The summed E-state index contributed by atoms with van der Waals surface area (Å²) >= 11 is 0. The molecule has 10 nitrogen and oxygen atoms in total. The second-order valence-electron chi connectivity index (χ2n) is 7.73. The minimum Gasteiger partial charge on any atom is -0.338 e. The number of rotatable bonds is 6. The van der Waals surface area contributed by atoms with Gasteiger partial charge in [0.1, 0.15) is 0 Å². The molecule has 166 valence electrons. The van der Waals surface area contributed by atoms with Gasteiger partial charge in [0.2, 0.25) is 15.9 Å². The molecule has 5 rings (SSSR count). The van der Waals surface area contributed by atoms with Crippen molar-refractivity contribution in [1.82, 2.24) is 29.3 Å². The minimum atomic E-state index is -3.65. The molecular formula is C21H22N6O4S. The van der Waals surface area contributed by atoms with Crippen molar-refractivity contribution in [3.8, 4) is 0 Å². The lowest BCUT2D eigenvalue weighted by atomic mass is 10.1. The third kappa shape index (κ3) is 4.22. The minimum absolute atomic E-state index is 0.163. The number of hydrogen-bond donors (Lipinski definition) is 2. The van der Waals surface area contributed by atoms with Crippen LogP contribution in [0.1, 0.15) is 17.3 Å². The molecule has 3 heterocycles. The van der Waals surface area contributed by atoms with Crippen LogP contribution in [0.15, 0.2) is 62.7 Å². The van der Waals surface area contributed by atoms with Crippen LogP contribution in [0.25, 0.3) is 11.0 Å². The lowest BCUT2D eigenvalue weighted by molar-refractivity contribution is 0.163. The Morgan fingerprint density at radius 2 is 1.72 bits per heavy atom. The maximum absolute atomic E-state index is 13.0. The molecule has 11 heteroatoms. The molecule has 0 amide bonds. The van der Waals surface area contributed by atoms with Gasteiger partial charge in [0, 0.05) is 32.6 Å². The van der Waals surface area contributed by atoms with Gasteiger partial charge >= 0.3 is 5.69 Å². The van der Waals surface area contributed by atoms with E-state index < -0.39 is 10.0 Å². The third-order valence-electron chi connectivity index (χ3n) is 5.53. The van der Waals surface area contributed by atoms with E-state index in [-0.39, 0.29) is 10.6 Å². The van der Waals surface area contributed by atoms with E-state index in [1.165, 1.54) is 16.4 Å². The Morgan fingerprint density at radius 1 is 0.969 bits per heavy atom. The monoisotopic (exact) mass is 454 g/mol. The van der Waals surface area contributed by atoms with Crippen LogP contribution in [0.2, 0.25) is 0 Å². The standard InChI is InChI=1S/C21H22N6O4S/c28-21-22-17-7-6-16(13-18(17)23-21)32(29,30)27-10-8-26(9-11-27)14-20-24-19(25-31-20)12-15-4-2-1-3-5-15/h1-7,13H,8-12,14H2,(H2,22,23,28). The van der Waals surface area contributed by atoms with Crippen LogP contribution in [0.3, 0.4) is 0 Å². The quantitative estimate of drug-likeness (QED) is 0.450. The molecular weight excluding hydrogens is 432 g/mol. The highest BCUT2D eigenvalue weighted by molar-refractivity contribution is 7.89. The van der Waals surface area contributed by atoms with Gasteiger partial charge < -0.3 is 14.5 Å². The molecule has 0 spiro atoms. The Morgan fingerprint density at radius 3 is 2.50 bits per heavy atom. The molecule has 2 aromatic carbocycles. The number of H-pyrrole nitrogens is 2. The first-order valence-corrected chi connectivity index (χ1v) is 11.7. The Kier molecular flexibility index (Phi) is 5.37. The van der Waals surface area contributed by atoms with E-state index in [1.54, 1.807) is 6.07 Å². The van der Waals surface area contributed by atoms with E-state index in [4.69, 9.17) is 4.52 Å². The van der Waals surface area contributed by atoms with Gasteiger partial charge in [-0.25, -0.2) is 13.2 Å². The van der Waals surface area contributed by atoms with E-state index >= 15 is 0 Å². The molecule has 1 aliphatic rings. The summed E-state index contributed by atoms with van der Waals surface area (Å²) in [4.78, 5) is 23.4. The fraction of sp³-hybridized carbons (Fsp3) is 0.286. The van der Waals surface area contributed by atoms with Gasteiger partial charge in [-0.2, -0.15) is 9.29 Å². The lowest BCUT2D eigenvalue weighted by Crippen LogP contribution is -2.48. The smallest absolute Gasteiger partial charge is 0.323 e. The molecule has 2 N–H and O–H groups in total. The molecule has 0 bridgehead atoms. The zero-order valence-corrected chi connectivity index (χ0v) is 18.0. The van der Waals surface area contributed by atoms with Gasteiger partial charge in [-0.3, -0.25) is 4.90 Å². The predicted molar refractivity (Wildman–Crippen MR) is 117 cm³/mol. The molecule has 0 saturated carbocycles. The highest BCUT2D eigenvalue weighted by Gasteiger charge is 2.29. The van der Waals surface area contributed by atoms with Crippen molar-refractivity contribution in [3.63, 3.8) is 0 Å². The van der Waals surface area contributed by atoms with Gasteiger partial charge in [0.05, 0.1) is 22.5 Å². The molecule has 1 aliphatic heterocycles. The largest absolute Gasteiger partial charge is 0.338 e. The van der Waals surface area contributed by atoms with Crippen LogP contribution in [0.4, 0.5) is 0 Å². The SMILES string of the molecule is O=c1[nH]c2ccc(S(=O)(=O)N3CCN(Cc4nc(Cc5ccccc5)no4)CC3)cc2[nH]1. The number of benzene rings is 2. The number of fused-ring (bicyclic) bond motifs is 1. The summed E-state index contributed by atoms with van der Waals surface area (Å²) in [5.41, 5.74) is 1.79. The van der Waals surface area contributed by atoms with Gasteiger partial charge in [0.25, 0.3) is 0 Å². The van der Waals surface area contributed by atoms with Crippen molar-refractivity contribution < 1.29 is 12.9 Å². The van der Waals surface area contributed by atoms with Crippen molar-refractivity contribution in [1.29, 1.82) is 0 Å². The first-order valence-electron chi connectivity index (χ1n) is 10.3. The van der Waals surface area contributed by atoms with E-state index in [2.05, 4.69) is 25.0 Å². The van der Waals surface area contributed by atoms with Crippen LogP contribution in [-0.4, -0.2) is 63.9 Å². The molecule has 1 fully saturated rings. The summed E-state index contributed by atoms with van der Waals surface area (Å²) in [6.45, 7) is 2.30. The van der Waals surface area contributed by atoms with Crippen LogP contribution < -0.4 is 5.69 Å². The topological polar surface area (TPSA) is 128 Å². The maximum atomic E-state index is 13.0. The Hall–Kier alpha value is -3.28. The lowest BCUT2D eigenvalue weighted by Gasteiger charge is -2.33. The Bertz CT molecular complexity index is 1380. The number of nitrogens with zero attached hydrogens (tertiary/aromatic N) is 4. The van der Waals surface area contributed by atoms with Gasteiger partial charge in [-0.15, -0.1) is 0 Å². The van der Waals surface area contributed by atoms with Crippen molar-refractivity contribution in [2.24, 2.45) is 0 Å². The van der Waals surface area contributed by atoms with Crippen molar-refractivity contribution in [2.45, 2.75) is 17.9 Å². The number of sulfonamides is 1. The first-order chi connectivity index (χ1) is 15.5. The molecule has 32 heavy (non-hydrogen) atoms. The molecule has 0 unspecified atom stereocenters. The Balaban J connectivity index is 1.20. The summed E-state index contributed by atoms with van der Waals surface area (Å²) in [5, 5.41) is 4.05. The summed E-state index contributed by atoms with van der Waals surface area (Å²) in [5.74, 6) is 1.15. The average molecular weight is 455 g/mol. The summed E-state index contributed by atoms with van der Waals surface area (Å²) in [7, 11) is -3.65. The van der Waals surface area contributed by atoms with E-state index in [1.807, 2.05) is 30.3 Å². The molecule has 1 saturated heterocycles. The second kappa shape index (κ2) is 8.34. The van der Waals surface area contributed by atoms with Crippen molar-refractivity contribution >= 4 is 21.1 Å². The third-order valence-corrected chi connectivity index (χ3v) is 7.43. The van der Waals surface area contributed by atoms with Crippen LogP contribution in [0.5, 0.6) is 0 Å². The van der Waals surface area contributed by atoms with Crippen LogP contribution in [-0.2, 0) is 23.0 Å². The second-order valence-corrected chi connectivity index (χ2v) is 9.67. The average Bonchev–Trinajstić information content (AvgIpc) is 3.39. The Labute approximate surface area is 183 Å². The van der Waals surface area contributed by atoms with Crippen molar-refractivity contribution in [2.75, 3.05) is 26.2 Å². The zero-order chi connectivity index (χ0) is 22.1. The number of aromatic nitrogens is 4. The van der Waals surface area contributed by atoms with Crippen LogP contribution in [0, 0.1) is 0 Å². The molecule has 4 aromatic rings. The van der Waals surface area contributed by atoms with E-state index in [0.29, 0.717) is 61.9 Å². The number of aromatic amines is 2. The fourth-order valence-electron chi connectivity index (χ4n) is 3.85. The van der Waals surface area contributed by atoms with E-state index in [9.17, 15) is 13.2 Å². The van der Waals surface area contributed by atoms with Gasteiger partial charge in [-0.05, 0) is 23.8 Å². The van der Waals surface area contributed by atoms with Gasteiger partial charge in [-0.1, -0.05) is 35.5 Å². The van der Waals surface area contributed by atoms with E-state index in [0.717, 1.165) is 5.56 Å². The fourth-order valence-corrected chi connectivity index (χ4v) is 5.29. The first kappa shape index (κ1) is 20.6.